The molecule has 2 heteroatoms. The van der Waals surface area contributed by atoms with Gasteiger partial charge in [0.1, 0.15) is 5.67 Å². The highest BCUT2D eigenvalue weighted by molar-refractivity contribution is 5.34. The number of hydrogen-bond donors (Lipinski definition) is 1. The van der Waals surface area contributed by atoms with Crippen LogP contribution in [0.3, 0.4) is 0 Å². The van der Waals surface area contributed by atoms with Crippen molar-refractivity contribution in [3.05, 3.63) is 35.4 Å². The van der Waals surface area contributed by atoms with Gasteiger partial charge in [0.05, 0.1) is 0 Å². The molecule has 1 aliphatic heterocycles. The maximum atomic E-state index is 14.2. The molecule has 0 spiro atoms. The highest BCUT2D eigenvalue weighted by atomic mass is 19.1. The molecule has 0 fully saturated rings. The summed E-state index contributed by atoms with van der Waals surface area (Å²) in [5, 5.41) is 3.11. The quantitative estimate of drug-likeness (QED) is 0.697. The van der Waals surface area contributed by atoms with Crippen LogP contribution in [0.25, 0.3) is 0 Å². The minimum atomic E-state index is -1.16. The molecule has 0 radical (unpaired) electrons. The van der Waals surface area contributed by atoms with Crippen LogP contribution in [-0.4, -0.2) is 6.54 Å². The molecule has 0 aliphatic carbocycles. The fraction of sp³-hybridized carbons (Fsp3) is 0.455. The number of benzene rings is 1. The molecule has 0 saturated carbocycles. The number of alkyl halides is 1. The molecule has 70 valence electrons. The van der Waals surface area contributed by atoms with E-state index >= 15 is 0 Å². The summed E-state index contributed by atoms with van der Waals surface area (Å²) >= 11 is 0. The molecule has 1 atom stereocenters. The summed E-state index contributed by atoms with van der Waals surface area (Å²) < 4.78 is 14.2. The van der Waals surface area contributed by atoms with Gasteiger partial charge in [0, 0.05) is 13.1 Å². The third-order valence-electron chi connectivity index (χ3n) is 2.78. The Morgan fingerprint density at radius 1 is 1.46 bits per heavy atom. The minimum Gasteiger partial charge on any atom is -0.309 e. The normalized spacial score (nSPS) is 26.9. The molecule has 1 aromatic carbocycles. The van der Waals surface area contributed by atoms with Gasteiger partial charge < -0.3 is 5.32 Å². The fourth-order valence-corrected chi connectivity index (χ4v) is 1.92. The van der Waals surface area contributed by atoms with Gasteiger partial charge in [0.25, 0.3) is 0 Å². The summed E-state index contributed by atoms with van der Waals surface area (Å²) in [6.45, 7) is 3.13. The largest absolute Gasteiger partial charge is 0.309 e. The number of fused-ring (bicyclic) bond motifs is 1. The Morgan fingerprint density at radius 3 is 3.00 bits per heavy atom. The summed E-state index contributed by atoms with van der Waals surface area (Å²) in [5.74, 6) is 0. The lowest BCUT2D eigenvalue weighted by Gasteiger charge is -2.31. The standard InChI is InChI=1S/C11H14FN/c1-2-11(12)8-13-7-9-5-3-4-6-10(9)11/h3-6,13H,2,7-8H2,1H3. The molecule has 0 bridgehead atoms. The van der Waals surface area contributed by atoms with E-state index in [0.717, 1.165) is 17.7 Å². The average molecular weight is 179 g/mol. The third-order valence-corrected chi connectivity index (χ3v) is 2.78. The Morgan fingerprint density at radius 2 is 2.23 bits per heavy atom. The molecule has 2 rings (SSSR count). The van der Waals surface area contributed by atoms with Crippen molar-refractivity contribution in [2.24, 2.45) is 0 Å². The highest BCUT2D eigenvalue weighted by Gasteiger charge is 2.34. The van der Waals surface area contributed by atoms with Crippen molar-refractivity contribution in [2.75, 3.05) is 6.54 Å². The van der Waals surface area contributed by atoms with Crippen molar-refractivity contribution in [1.82, 2.24) is 5.32 Å². The van der Waals surface area contributed by atoms with Crippen molar-refractivity contribution in [1.29, 1.82) is 0 Å². The Kier molecular flexibility index (Phi) is 2.08. The number of hydrogen-bond acceptors (Lipinski definition) is 1. The maximum absolute atomic E-state index is 14.2. The van der Waals surface area contributed by atoms with Crippen molar-refractivity contribution in [3.8, 4) is 0 Å². The van der Waals surface area contributed by atoms with Crippen molar-refractivity contribution >= 4 is 0 Å². The topological polar surface area (TPSA) is 12.0 Å². The van der Waals surface area contributed by atoms with Crippen LogP contribution in [0.5, 0.6) is 0 Å². The van der Waals surface area contributed by atoms with Crippen molar-refractivity contribution < 1.29 is 4.39 Å². The lowest BCUT2D eigenvalue weighted by molar-refractivity contribution is 0.142. The van der Waals surface area contributed by atoms with Gasteiger partial charge >= 0.3 is 0 Å². The Bertz CT molecular complexity index is 311. The van der Waals surface area contributed by atoms with Crippen LogP contribution in [0.15, 0.2) is 24.3 Å². The molecule has 1 unspecified atom stereocenters. The van der Waals surface area contributed by atoms with E-state index < -0.39 is 5.67 Å². The monoisotopic (exact) mass is 179 g/mol. The number of rotatable bonds is 1. The lowest BCUT2D eigenvalue weighted by atomic mass is 9.86. The van der Waals surface area contributed by atoms with Crippen LogP contribution in [0.1, 0.15) is 24.5 Å². The second-order valence-corrected chi connectivity index (χ2v) is 3.58. The summed E-state index contributed by atoms with van der Waals surface area (Å²) in [4.78, 5) is 0. The first kappa shape index (κ1) is 8.70. The van der Waals surface area contributed by atoms with E-state index in [4.69, 9.17) is 0 Å². The molecule has 1 aliphatic rings. The van der Waals surface area contributed by atoms with E-state index in [1.165, 1.54) is 0 Å². The smallest absolute Gasteiger partial charge is 0.148 e. The summed E-state index contributed by atoms with van der Waals surface area (Å²) in [7, 11) is 0. The predicted molar refractivity (Wildman–Crippen MR) is 51.2 cm³/mol. The zero-order valence-corrected chi connectivity index (χ0v) is 7.81. The van der Waals surface area contributed by atoms with Crippen LogP contribution >= 0.6 is 0 Å². The highest BCUT2D eigenvalue weighted by Crippen LogP contribution is 2.34. The molecule has 0 amide bonds. The molecule has 1 N–H and O–H groups in total. The van der Waals surface area contributed by atoms with E-state index in [0.29, 0.717) is 13.0 Å². The van der Waals surface area contributed by atoms with Gasteiger partial charge in [-0.15, -0.1) is 0 Å². The molecular weight excluding hydrogens is 165 g/mol. The van der Waals surface area contributed by atoms with Crippen LogP contribution in [0, 0.1) is 0 Å². The van der Waals surface area contributed by atoms with Crippen molar-refractivity contribution in [2.45, 2.75) is 25.6 Å². The second-order valence-electron chi connectivity index (χ2n) is 3.58. The molecule has 0 saturated heterocycles. The lowest BCUT2D eigenvalue weighted by Crippen LogP contribution is -2.39. The molecule has 1 heterocycles. The molecular formula is C11H14FN. The summed E-state index contributed by atoms with van der Waals surface area (Å²) in [5.41, 5.74) is 0.809. The first-order chi connectivity index (χ1) is 6.26. The van der Waals surface area contributed by atoms with Crippen LogP contribution in [0.2, 0.25) is 0 Å². The van der Waals surface area contributed by atoms with Crippen LogP contribution in [0.4, 0.5) is 4.39 Å². The van der Waals surface area contributed by atoms with Gasteiger partial charge in [-0.25, -0.2) is 4.39 Å². The maximum Gasteiger partial charge on any atom is 0.148 e. The van der Waals surface area contributed by atoms with Gasteiger partial charge in [-0.3, -0.25) is 0 Å². The van der Waals surface area contributed by atoms with E-state index in [2.05, 4.69) is 5.32 Å². The Labute approximate surface area is 78.0 Å². The fourth-order valence-electron chi connectivity index (χ4n) is 1.92. The number of halogens is 1. The second kappa shape index (κ2) is 3.11. The molecule has 0 aromatic heterocycles. The van der Waals surface area contributed by atoms with Gasteiger partial charge in [-0.1, -0.05) is 31.2 Å². The Balaban J connectivity index is 2.48. The van der Waals surface area contributed by atoms with Crippen LogP contribution < -0.4 is 5.32 Å². The van der Waals surface area contributed by atoms with Gasteiger partial charge in [0.15, 0.2) is 0 Å². The first-order valence-electron chi connectivity index (χ1n) is 4.74. The minimum absolute atomic E-state index is 0.445. The predicted octanol–water partition coefficient (Wildman–Crippen LogP) is 2.36. The van der Waals surface area contributed by atoms with Gasteiger partial charge in [-0.05, 0) is 17.5 Å². The molecule has 13 heavy (non-hydrogen) atoms. The SMILES string of the molecule is CCC1(F)CNCc2ccccc21. The van der Waals surface area contributed by atoms with Gasteiger partial charge in [0.2, 0.25) is 0 Å². The number of nitrogens with one attached hydrogen (secondary N) is 1. The summed E-state index contributed by atoms with van der Waals surface area (Å²) in [6, 6.07) is 7.77. The van der Waals surface area contributed by atoms with E-state index in [-0.39, 0.29) is 0 Å². The van der Waals surface area contributed by atoms with Gasteiger partial charge in [-0.2, -0.15) is 0 Å². The molecule has 1 aromatic rings. The average Bonchev–Trinajstić information content (AvgIpc) is 2.19. The van der Waals surface area contributed by atoms with E-state index in [1.54, 1.807) is 0 Å². The zero-order valence-electron chi connectivity index (χ0n) is 7.81. The van der Waals surface area contributed by atoms with E-state index in [1.807, 2.05) is 31.2 Å². The van der Waals surface area contributed by atoms with Crippen LogP contribution in [-0.2, 0) is 12.2 Å². The molecule has 1 nitrogen and oxygen atoms in total. The summed E-state index contributed by atoms with van der Waals surface area (Å²) in [6.07, 6.45) is 0.539. The van der Waals surface area contributed by atoms with Crippen molar-refractivity contribution in [3.63, 3.8) is 0 Å². The third kappa shape index (κ3) is 1.35. The Hall–Kier alpha value is -0.890. The van der Waals surface area contributed by atoms with E-state index in [9.17, 15) is 4.39 Å². The first-order valence-corrected chi connectivity index (χ1v) is 4.74. The zero-order chi connectivity index (χ0) is 9.31.